The maximum atomic E-state index is 12.8. The number of likely N-dealkylation sites (N-methyl/N-ethyl adjacent to an activating group) is 1. The van der Waals surface area contributed by atoms with Gasteiger partial charge in [0, 0.05) is 12.8 Å². The van der Waals surface area contributed by atoms with Gasteiger partial charge in [-0.15, -0.1) is 0 Å². The minimum Gasteiger partial charge on any atom is -0.545 e. The number of ether oxygens (including phenoxy) is 4. The molecule has 0 aromatic rings. The van der Waals surface area contributed by atoms with Crippen molar-refractivity contribution in [2.24, 2.45) is 0 Å². The van der Waals surface area contributed by atoms with E-state index in [1.807, 2.05) is 21.1 Å². The molecule has 408 valence electrons. The van der Waals surface area contributed by atoms with Gasteiger partial charge in [0.2, 0.25) is 0 Å². The first-order valence-corrected chi connectivity index (χ1v) is 29.8. The number of allylic oxidation sites excluding steroid dienone is 2. The fourth-order valence-electron chi connectivity index (χ4n) is 8.89. The molecule has 0 radical (unpaired) electrons. The molecule has 0 aliphatic carbocycles. The Kier molecular flexibility index (Phi) is 50.9. The van der Waals surface area contributed by atoms with E-state index in [0.29, 0.717) is 17.4 Å². The van der Waals surface area contributed by atoms with Crippen molar-refractivity contribution in [3.05, 3.63) is 12.2 Å². The van der Waals surface area contributed by atoms with Gasteiger partial charge in [-0.3, -0.25) is 9.59 Å². The molecule has 0 amide bonds. The number of hydrogen-bond donors (Lipinski definition) is 0. The summed E-state index contributed by atoms with van der Waals surface area (Å²) in [6.07, 6.45) is 57.6. The molecule has 2 unspecified atom stereocenters. The molecular formula is C60H115NO8. The summed E-state index contributed by atoms with van der Waals surface area (Å²) in [6.45, 7) is 4.73. The predicted octanol–water partition coefficient (Wildman–Crippen LogP) is 16.0. The summed E-state index contributed by atoms with van der Waals surface area (Å²) in [5.41, 5.74) is 0. The molecule has 0 aliphatic heterocycles. The number of quaternary nitrogens is 1. The van der Waals surface area contributed by atoms with Gasteiger partial charge < -0.3 is 33.3 Å². The minimum atomic E-state index is -1.61. The Balaban J connectivity index is 3.82. The molecule has 2 atom stereocenters. The van der Waals surface area contributed by atoms with Gasteiger partial charge in [0.1, 0.15) is 13.2 Å². The quantitative estimate of drug-likeness (QED) is 0.0195. The summed E-state index contributed by atoms with van der Waals surface area (Å²) >= 11 is 0. The van der Waals surface area contributed by atoms with Crippen LogP contribution in [-0.4, -0.2) is 82.3 Å². The van der Waals surface area contributed by atoms with Gasteiger partial charge in [-0.05, 0) is 38.5 Å². The van der Waals surface area contributed by atoms with Crippen molar-refractivity contribution in [1.29, 1.82) is 0 Å². The van der Waals surface area contributed by atoms with E-state index < -0.39 is 24.3 Å². The molecule has 0 aromatic heterocycles. The molecule has 0 rings (SSSR count). The van der Waals surface area contributed by atoms with Gasteiger partial charge >= 0.3 is 11.9 Å². The van der Waals surface area contributed by atoms with E-state index in [4.69, 9.17) is 18.9 Å². The second-order valence-electron chi connectivity index (χ2n) is 21.6. The summed E-state index contributed by atoms with van der Waals surface area (Å²) in [6, 6.07) is 0. The van der Waals surface area contributed by atoms with Gasteiger partial charge in [0.05, 0.1) is 40.3 Å². The van der Waals surface area contributed by atoms with Crippen molar-refractivity contribution in [2.75, 3.05) is 47.5 Å². The molecular weight excluding hydrogens is 863 g/mol. The van der Waals surface area contributed by atoms with E-state index in [1.54, 1.807) is 0 Å². The lowest BCUT2D eigenvalue weighted by Gasteiger charge is -2.26. The van der Waals surface area contributed by atoms with Gasteiger partial charge in [0.25, 0.3) is 0 Å². The van der Waals surface area contributed by atoms with Crippen molar-refractivity contribution in [3.63, 3.8) is 0 Å². The van der Waals surface area contributed by atoms with Crippen LogP contribution in [0.15, 0.2) is 12.2 Å². The van der Waals surface area contributed by atoms with Crippen molar-refractivity contribution in [1.82, 2.24) is 0 Å². The fraction of sp³-hybridized carbons (Fsp3) is 0.917. The zero-order valence-corrected chi connectivity index (χ0v) is 46.5. The maximum Gasteiger partial charge on any atom is 0.306 e. The number of carboxylic acids is 1. The average Bonchev–Trinajstić information content (AvgIpc) is 3.31. The van der Waals surface area contributed by atoms with E-state index in [0.717, 1.165) is 38.5 Å². The van der Waals surface area contributed by atoms with Crippen LogP contribution >= 0.6 is 0 Å². The fourth-order valence-corrected chi connectivity index (χ4v) is 8.89. The Hall–Kier alpha value is -1.97. The van der Waals surface area contributed by atoms with Crippen LogP contribution in [0, 0.1) is 0 Å². The first-order chi connectivity index (χ1) is 33.6. The lowest BCUT2D eigenvalue weighted by Crippen LogP contribution is -2.44. The van der Waals surface area contributed by atoms with Crippen molar-refractivity contribution in [2.45, 2.75) is 309 Å². The largest absolute Gasteiger partial charge is 0.545 e. The van der Waals surface area contributed by atoms with Gasteiger partial charge in [-0.2, -0.15) is 0 Å². The standard InChI is InChI=1S/C60H115NO8/c1-6-8-10-12-14-15-16-17-18-19-20-21-22-23-24-25-26-27-28-29-30-31-32-33-34-35-36-37-38-39-40-41-42-43-45-47-49-51-58(63)69-56(54-67-57(62)50-48-46-44-13-11-9-7-2)55-68-60(59(64)65)66-53-52-61(3,4)5/h19-20,56,60H,6-18,21-55H2,1-5H3/b20-19-. The number of unbranched alkanes of at least 4 members (excludes halogenated alkanes) is 39. The number of carboxylic acid groups (broad SMARTS) is 1. The molecule has 0 bridgehead atoms. The van der Waals surface area contributed by atoms with Crippen LogP contribution in [0.4, 0.5) is 0 Å². The first-order valence-electron chi connectivity index (χ1n) is 29.8. The van der Waals surface area contributed by atoms with Crippen LogP contribution in [0.1, 0.15) is 296 Å². The van der Waals surface area contributed by atoms with Crippen molar-refractivity contribution >= 4 is 17.9 Å². The number of carbonyl (C=O) groups is 3. The van der Waals surface area contributed by atoms with Gasteiger partial charge in [-0.25, -0.2) is 0 Å². The third kappa shape index (κ3) is 53.7. The highest BCUT2D eigenvalue weighted by Crippen LogP contribution is 2.18. The monoisotopic (exact) mass is 978 g/mol. The molecule has 69 heavy (non-hydrogen) atoms. The summed E-state index contributed by atoms with van der Waals surface area (Å²) in [5.74, 6) is -2.27. The van der Waals surface area contributed by atoms with E-state index in [1.165, 1.54) is 231 Å². The molecule has 9 nitrogen and oxygen atoms in total. The molecule has 0 N–H and O–H groups in total. The van der Waals surface area contributed by atoms with Gasteiger partial charge in [-0.1, -0.05) is 257 Å². The molecule has 0 heterocycles. The lowest BCUT2D eigenvalue weighted by atomic mass is 10.0. The van der Waals surface area contributed by atoms with E-state index >= 15 is 0 Å². The van der Waals surface area contributed by atoms with Crippen LogP contribution in [0.2, 0.25) is 0 Å². The highest BCUT2D eigenvalue weighted by atomic mass is 16.7. The summed E-state index contributed by atoms with van der Waals surface area (Å²) < 4.78 is 22.5. The number of hydrogen-bond acceptors (Lipinski definition) is 8. The molecule has 0 fully saturated rings. The third-order valence-electron chi connectivity index (χ3n) is 13.5. The normalized spacial score (nSPS) is 12.8. The van der Waals surface area contributed by atoms with E-state index in [9.17, 15) is 19.5 Å². The number of esters is 2. The first kappa shape index (κ1) is 67.0. The van der Waals surface area contributed by atoms with Crippen LogP contribution in [0.5, 0.6) is 0 Å². The summed E-state index contributed by atoms with van der Waals surface area (Å²) in [7, 11) is 5.92. The predicted molar refractivity (Wildman–Crippen MR) is 288 cm³/mol. The molecule has 0 spiro atoms. The number of rotatable bonds is 56. The topological polar surface area (TPSA) is 111 Å². The molecule has 0 aromatic carbocycles. The molecule has 9 heteroatoms. The van der Waals surface area contributed by atoms with Crippen LogP contribution in [0.25, 0.3) is 0 Å². The van der Waals surface area contributed by atoms with Gasteiger partial charge in [0.15, 0.2) is 12.4 Å². The highest BCUT2D eigenvalue weighted by molar-refractivity contribution is 5.70. The lowest BCUT2D eigenvalue weighted by molar-refractivity contribution is -0.870. The minimum absolute atomic E-state index is 0.152. The number of aliphatic carboxylic acids is 1. The third-order valence-corrected chi connectivity index (χ3v) is 13.5. The molecule has 0 saturated heterocycles. The Morgan fingerprint density at radius 3 is 1.07 bits per heavy atom. The van der Waals surface area contributed by atoms with E-state index in [-0.39, 0.29) is 32.2 Å². The smallest absolute Gasteiger partial charge is 0.306 e. The highest BCUT2D eigenvalue weighted by Gasteiger charge is 2.22. The maximum absolute atomic E-state index is 12.8. The second kappa shape index (κ2) is 52.4. The number of nitrogens with zero attached hydrogens (tertiary/aromatic N) is 1. The average molecular weight is 979 g/mol. The van der Waals surface area contributed by atoms with Crippen molar-refractivity contribution < 1.29 is 42.9 Å². The SMILES string of the molecule is CCCCCCCCCC/C=C\CCCCCCCCCCCCCCCCCCCCCCCCCCCC(=O)OC(COC(=O)CCCCCCCCC)COC(OCC[N+](C)(C)C)C(=O)[O-]. The Morgan fingerprint density at radius 1 is 0.420 bits per heavy atom. The zero-order chi connectivity index (χ0) is 50.6. The summed E-state index contributed by atoms with van der Waals surface area (Å²) in [5, 5.41) is 11.7. The zero-order valence-electron chi connectivity index (χ0n) is 46.5. The Morgan fingerprint density at radius 2 is 0.739 bits per heavy atom. The number of carbonyl (C=O) groups excluding carboxylic acids is 3. The van der Waals surface area contributed by atoms with E-state index in [2.05, 4.69) is 26.0 Å². The van der Waals surface area contributed by atoms with Crippen LogP contribution < -0.4 is 5.11 Å². The molecule has 0 saturated carbocycles. The van der Waals surface area contributed by atoms with Crippen molar-refractivity contribution in [3.8, 4) is 0 Å². The van der Waals surface area contributed by atoms with Crippen LogP contribution in [0.3, 0.4) is 0 Å². The Bertz CT molecular complexity index is 1140. The summed E-state index contributed by atoms with van der Waals surface area (Å²) in [4.78, 5) is 36.9. The second-order valence-corrected chi connectivity index (χ2v) is 21.6. The molecule has 0 aliphatic rings. The Labute approximate surface area is 427 Å². The van der Waals surface area contributed by atoms with Crippen LogP contribution in [-0.2, 0) is 33.3 Å².